The second-order valence-corrected chi connectivity index (χ2v) is 13.5. The van der Waals surface area contributed by atoms with Crippen molar-refractivity contribution < 1.29 is 0 Å². The molecule has 0 N–H and O–H groups in total. The van der Waals surface area contributed by atoms with Crippen molar-refractivity contribution in [3.63, 3.8) is 0 Å². The summed E-state index contributed by atoms with van der Waals surface area (Å²) in [5.41, 5.74) is 17.2. The number of hydrogen-bond acceptors (Lipinski definition) is 1. The zero-order chi connectivity index (χ0) is 28.9. The highest BCUT2D eigenvalue weighted by Crippen LogP contribution is 2.54. The Morgan fingerprint density at radius 1 is 0.767 bits per heavy atom. The number of thioether (sulfide) groups is 1. The molecule has 0 bridgehead atoms. The lowest BCUT2D eigenvalue weighted by molar-refractivity contribution is 0.660. The zero-order valence-electron chi connectivity index (χ0n) is 24.4. The van der Waals surface area contributed by atoms with Crippen LogP contribution >= 0.6 is 11.8 Å². The highest BCUT2D eigenvalue weighted by Gasteiger charge is 2.36. The number of nitrogens with zero attached hydrogens (tertiary/aromatic N) is 1. The van der Waals surface area contributed by atoms with E-state index in [-0.39, 0.29) is 5.41 Å². The Labute approximate surface area is 256 Å². The van der Waals surface area contributed by atoms with Crippen molar-refractivity contribution in [2.45, 2.75) is 30.6 Å². The normalized spacial score (nSPS) is 17.4. The average Bonchev–Trinajstić information content (AvgIpc) is 3.66. The van der Waals surface area contributed by atoms with Crippen LogP contribution in [0.4, 0.5) is 0 Å². The van der Waals surface area contributed by atoms with Crippen LogP contribution in [0.5, 0.6) is 0 Å². The molecule has 1 aliphatic heterocycles. The van der Waals surface area contributed by atoms with Gasteiger partial charge >= 0.3 is 0 Å². The fourth-order valence-electron chi connectivity index (χ4n) is 7.91. The average molecular weight is 570 g/mol. The van der Waals surface area contributed by atoms with Gasteiger partial charge in [-0.25, -0.2) is 0 Å². The molecule has 1 nitrogen and oxygen atoms in total. The molecule has 0 fully saturated rings. The summed E-state index contributed by atoms with van der Waals surface area (Å²) >= 11 is 1.94. The smallest absolute Gasteiger partial charge is 0.0594 e. The van der Waals surface area contributed by atoms with Gasteiger partial charge in [0.05, 0.1) is 11.0 Å². The highest BCUT2D eigenvalue weighted by atomic mass is 32.2. The maximum absolute atomic E-state index is 4.64. The second-order valence-electron chi connectivity index (χ2n) is 12.5. The summed E-state index contributed by atoms with van der Waals surface area (Å²) in [6, 6.07) is 34.1. The van der Waals surface area contributed by atoms with Gasteiger partial charge in [-0.15, -0.1) is 11.8 Å². The van der Waals surface area contributed by atoms with E-state index in [9.17, 15) is 0 Å². The van der Waals surface area contributed by atoms with Gasteiger partial charge in [-0.2, -0.15) is 0 Å². The third-order valence-electron chi connectivity index (χ3n) is 9.84. The number of benzene rings is 5. The third kappa shape index (κ3) is 3.36. The first-order valence-corrected chi connectivity index (χ1v) is 16.1. The first-order valence-electron chi connectivity index (χ1n) is 15.1. The van der Waals surface area contributed by atoms with Crippen LogP contribution in [0.15, 0.2) is 127 Å². The molecule has 0 unspecified atom stereocenters. The van der Waals surface area contributed by atoms with E-state index in [0.717, 1.165) is 17.7 Å². The van der Waals surface area contributed by atoms with E-state index >= 15 is 0 Å². The van der Waals surface area contributed by atoms with Crippen LogP contribution in [0, 0.1) is 0 Å². The lowest BCUT2D eigenvalue weighted by Crippen LogP contribution is -2.15. The van der Waals surface area contributed by atoms with Crippen LogP contribution in [-0.2, 0) is 11.8 Å². The molecule has 2 heteroatoms. The van der Waals surface area contributed by atoms with E-state index in [0.29, 0.717) is 0 Å². The summed E-state index contributed by atoms with van der Waals surface area (Å²) in [5, 5.41) is 2.66. The molecule has 9 rings (SSSR count). The molecule has 3 aliphatic rings. The zero-order valence-corrected chi connectivity index (χ0v) is 25.3. The van der Waals surface area contributed by atoms with Crippen molar-refractivity contribution in [3.05, 3.63) is 150 Å². The van der Waals surface area contributed by atoms with Crippen molar-refractivity contribution >= 4 is 39.1 Å². The van der Waals surface area contributed by atoms with Gasteiger partial charge < -0.3 is 4.57 Å². The summed E-state index contributed by atoms with van der Waals surface area (Å²) in [6.45, 7) is 9.38. The third-order valence-corrected chi connectivity index (χ3v) is 10.9. The Balaban J connectivity index is 1.43. The monoisotopic (exact) mass is 569 g/mol. The van der Waals surface area contributed by atoms with Crippen LogP contribution < -0.4 is 0 Å². The fourth-order valence-corrected chi connectivity index (χ4v) is 9.01. The van der Waals surface area contributed by atoms with Crippen molar-refractivity contribution in [1.82, 2.24) is 4.57 Å². The van der Waals surface area contributed by atoms with Gasteiger partial charge in [-0.3, -0.25) is 0 Å². The lowest BCUT2D eigenvalue weighted by atomic mass is 9.82. The molecular weight excluding hydrogens is 539 g/mol. The molecule has 0 saturated carbocycles. The van der Waals surface area contributed by atoms with Crippen LogP contribution in [0.25, 0.3) is 55.3 Å². The number of hydrogen-bond donors (Lipinski definition) is 0. The summed E-state index contributed by atoms with van der Waals surface area (Å²) in [7, 11) is 0. The van der Waals surface area contributed by atoms with Crippen molar-refractivity contribution in [1.29, 1.82) is 0 Å². The molecular formula is C41H31NS. The lowest BCUT2D eigenvalue weighted by Gasteiger charge is -2.23. The van der Waals surface area contributed by atoms with Gasteiger partial charge in [0.2, 0.25) is 0 Å². The van der Waals surface area contributed by atoms with E-state index in [1.807, 2.05) is 11.8 Å². The molecule has 2 aliphatic carbocycles. The van der Waals surface area contributed by atoms with Crippen LogP contribution in [-0.4, -0.2) is 10.3 Å². The number of fused-ring (bicyclic) bond motifs is 13. The number of para-hydroxylation sites is 1. The number of rotatable bonds is 1. The van der Waals surface area contributed by atoms with Crippen LogP contribution in [0.1, 0.15) is 41.7 Å². The molecule has 0 amide bonds. The van der Waals surface area contributed by atoms with Gasteiger partial charge in [0, 0.05) is 44.5 Å². The fraction of sp³-hybridized carbons (Fsp3) is 0.122. The second kappa shape index (κ2) is 8.99. The minimum Gasteiger partial charge on any atom is -0.309 e. The molecule has 0 radical (unpaired) electrons. The van der Waals surface area contributed by atoms with Crippen LogP contribution in [0.2, 0.25) is 0 Å². The molecule has 1 aromatic heterocycles. The van der Waals surface area contributed by atoms with Gasteiger partial charge in [0.1, 0.15) is 0 Å². The van der Waals surface area contributed by atoms with E-state index in [2.05, 4.69) is 140 Å². The SMILES string of the molecule is C=C1/C=C\C=C/CSc2c1c1c(c3c2c2ccccc2n3-c2ccc3c(c2)C(C)(C)c2ccccc2-3)Cc2ccccc2-1. The predicted octanol–water partition coefficient (Wildman–Crippen LogP) is 10.9. The first-order chi connectivity index (χ1) is 21.0. The summed E-state index contributed by atoms with van der Waals surface area (Å²) < 4.78 is 2.57. The highest BCUT2D eigenvalue weighted by molar-refractivity contribution is 7.99. The van der Waals surface area contributed by atoms with Gasteiger partial charge in [0.15, 0.2) is 0 Å². The van der Waals surface area contributed by atoms with Crippen molar-refractivity contribution in [3.8, 4) is 27.9 Å². The molecule has 2 heterocycles. The standard InChI is InChI=1S/C41H31NS/c1-25-13-5-4-12-22-43-40-36(25)37-28-15-7-6-14-26(28)23-32(37)39-38(40)31-17-9-11-19-35(31)42(39)27-20-21-30-29-16-8-10-18-33(29)41(2,3)34(30)24-27/h4-21,24H,1,22-23H2,2-3H3/b12-4-,13-5-. The van der Waals surface area contributed by atoms with Crippen molar-refractivity contribution in [2.75, 3.05) is 5.75 Å². The maximum atomic E-state index is 4.64. The Hall–Kier alpha value is -4.53. The minimum atomic E-state index is -0.0568. The predicted molar refractivity (Wildman–Crippen MR) is 185 cm³/mol. The maximum Gasteiger partial charge on any atom is 0.0594 e. The molecule has 0 atom stereocenters. The van der Waals surface area contributed by atoms with Crippen molar-refractivity contribution in [2.24, 2.45) is 0 Å². The quantitative estimate of drug-likeness (QED) is 0.190. The Bertz CT molecular complexity index is 2250. The number of allylic oxidation sites excluding steroid dienone is 4. The van der Waals surface area contributed by atoms with Gasteiger partial charge in [-0.1, -0.05) is 118 Å². The Morgan fingerprint density at radius 2 is 1.53 bits per heavy atom. The van der Waals surface area contributed by atoms with E-state index in [4.69, 9.17) is 0 Å². The topological polar surface area (TPSA) is 4.93 Å². The van der Waals surface area contributed by atoms with E-state index in [1.165, 1.54) is 82.5 Å². The summed E-state index contributed by atoms with van der Waals surface area (Å²) in [6.07, 6.45) is 9.67. The van der Waals surface area contributed by atoms with Gasteiger partial charge in [0.25, 0.3) is 0 Å². The number of aromatic nitrogens is 1. The van der Waals surface area contributed by atoms with E-state index < -0.39 is 0 Å². The Morgan fingerprint density at radius 3 is 2.44 bits per heavy atom. The molecule has 206 valence electrons. The minimum absolute atomic E-state index is 0.0568. The van der Waals surface area contributed by atoms with Crippen LogP contribution in [0.3, 0.4) is 0 Å². The molecule has 0 saturated heterocycles. The van der Waals surface area contributed by atoms with Gasteiger partial charge in [-0.05, 0) is 68.3 Å². The molecule has 0 spiro atoms. The first kappa shape index (κ1) is 25.0. The molecule has 43 heavy (non-hydrogen) atoms. The summed E-state index contributed by atoms with van der Waals surface area (Å²) in [5.74, 6) is 0.922. The molecule has 6 aromatic rings. The summed E-state index contributed by atoms with van der Waals surface area (Å²) in [4.78, 5) is 1.34. The van der Waals surface area contributed by atoms with E-state index in [1.54, 1.807) is 0 Å². The Kier molecular flexibility index (Phi) is 5.23. The molecule has 5 aromatic carbocycles. The largest absolute Gasteiger partial charge is 0.309 e.